The Morgan fingerprint density at radius 2 is 1.92 bits per heavy atom. The summed E-state index contributed by atoms with van der Waals surface area (Å²) in [5, 5.41) is 3.83. The number of H-pyrrole nitrogens is 1. The molecule has 2 aromatic carbocycles. The Morgan fingerprint density at radius 3 is 2.71 bits per heavy atom. The van der Waals surface area contributed by atoms with Crippen LogP contribution in [-0.2, 0) is 18.3 Å². The van der Waals surface area contributed by atoms with Gasteiger partial charge < -0.3 is 24.7 Å². The highest BCUT2D eigenvalue weighted by atomic mass is 16.5. The van der Waals surface area contributed by atoms with E-state index >= 15 is 0 Å². The Labute approximate surface area is 223 Å². The Kier molecular flexibility index (Phi) is 4.86. The first kappa shape index (κ1) is 22.7. The third kappa shape index (κ3) is 2.90. The van der Waals surface area contributed by atoms with Gasteiger partial charge in [0.2, 0.25) is 0 Å². The number of aromatic nitrogens is 1. The summed E-state index contributed by atoms with van der Waals surface area (Å²) in [6.45, 7) is 4.73. The zero-order valence-electron chi connectivity index (χ0n) is 22.2. The summed E-state index contributed by atoms with van der Waals surface area (Å²) >= 11 is 0. The number of benzene rings is 2. The van der Waals surface area contributed by atoms with Crippen LogP contribution in [0.5, 0.6) is 11.5 Å². The van der Waals surface area contributed by atoms with Gasteiger partial charge in [0.1, 0.15) is 11.8 Å². The molecule has 6 heteroatoms. The maximum atomic E-state index is 13.9. The molecule has 2 fully saturated rings. The molecule has 1 spiro atoms. The zero-order chi connectivity index (χ0) is 25.6. The molecule has 1 unspecified atom stereocenters. The predicted molar refractivity (Wildman–Crippen MR) is 145 cm³/mol. The van der Waals surface area contributed by atoms with Gasteiger partial charge in [0, 0.05) is 30.1 Å². The van der Waals surface area contributed by atoms with E-state index in [0.717, 1.165) is 80.2 Å². The second-order valence-electron chi connectivity index (χ2n) is 12.0. The van der Waals surface area contributed by atoms with Crippen LogP contribution >= 0.6 is 0 Å². The number of piperidine rings is 2. The summed E-state index contributed by atoms with van der Waals surface area (Å²) in [7, 11) is 1.73. The van der Waals surface area contributed by atoms with Crippen LogP contribution in [0.1, 0.15) is 75.3 Å². The number of nitrogens with one attached hydrogen (secondary N) is 2. The highest BCUT2D eigenvalue weighted by Crippen LogP contribution is 2.66. The standard InChI is InChI=1S/C32H35N3O3/c1-18-22-17-23-24-16-21-8-9-25(37-2)29-26(21)32(23,12-13-33-24)30(38-29)28(22)34-27(18)31(36)35-14-10-20(11-15-35)19-6-4-3-5-7-19/h3-9,20,23-24,30,33-34H,10-17H2,1-2H3/t23-,24-,30-,32?/m0/s1. The molecule has 2 bridgehead atoms. The van der Waals surface area contributed by atoms with Gasteiger partial charge in [0.05, 0.1) is 12.8 Å². The number of carbonyl (C=O) groups is 1. The van der Waals surface area contributed by atoms with Crippen molar-refractivity contribution in [1.82, 2.24) is 15.2 Å². The lowest BCUT2D eigenvalue weighted by molar-refractivity contribution is 0.0256. The van der Waals surface area contributed by atoms with Crippen LogP contribution in [0.2, 0.25) is 0 Å². The van der Waals surface area contributed by atoms with Crippen LogP contribution in [0, 0.1) is 12.8 Å². The number of fused-ring (bicyclic) bond motifs is 2. The molecular formula is C32H35N3O3. The second kappa shape index (κ2) is 8.12. The summed E-state index contributed by atoms with van der Waals surface area (Å²) in [5.41, 5.74) is 8.37. The van der Waals surface area contributed by atoms with Gasteiger partial charge in [0.15, 0.2) is 11.5 Å². The van der Waals surface area contributed by atoms with E-state index in [1.165, 1.54) is 22.3 Å². The van der Waals surface area contributed by atoms with Crippen molar-refractivity contribution in [2.75, 3.05) is 26.7 Å². The molecule has 2 aliphatic carbocycles. The SMILES string of the molecule is COc1ccc2c3c1O[C@H]1c4[nH]c(C(=O)N5CCC(c6ccccc6)CC5)c(C)c4C[C@H]4[C@H](C2)NCCC314. The Morgan fingerprint density at radius 1 is 1.11 bits per heavy atom. The van der Waals surface area contributed by atoms with E-state index in [4.69, 9.17) is 9.47 Å². The average molecular weight is 510 g/mol. The van der Waals surface area contributed by atoms with Crippen LogP contribution in [0.4, 0.5) is 0 Å². The maximum Gasteiger partial charge on any atom is 0.270 e. The summed E-state index contributed by atoms with van der Waals surface area (Å²) in [6.07, 6.45) is 4.97. The fourth-order valence-corrected chi connectivity index (χ4v) is 8.67. The van der Waals surface area contributed by atoms with Gasteiger partial charge in [0.25, 0.3) is 5.91 Å². The number of hydrogen-bond donors (Lipinski definition) is 2. The summed E-state index contributed by atoms with van der Waals surface area (Å²) in [6, 6.07) is 15.5. The van der Waals surface area contributed by atoms with Crippen LogP contribution in [0.25, 0.3) is 0 Å². The molecule has 1 aromatic heterocycles. The van der Waals surface area contributed by atoms with E-state index in [2.05, 4.69) is 64.6 Å². The van der Waals surface area contributed by atoms with Crippen molar-refractivity contribution in [2.45, 2.75) is 62.5 Å². The molecule has 3 aliphatic heterocycles. The Bertz CT molecular complexity index is 1440. The van der Waals surface area contributed by atoms with Gasteiger partial charge in [-0.3, -0.25) is 4.79 Å². The topological polar surface area (TPSA) is 66.6 Å². The van der Waals surface area contributed by atoms with Crippen LogP contribution in [0.15, 0.2) is 42.5 Å². The number of ether oxygens (including phenoxy) is 2. The number of nitrogens with zero attached hydrogens (tertiary/aromatic N) is 1. The monoisotopic (exact) mass is 509 g/mol. The lowest BCUT2D eigenvalue weighted by Gasteiger charge is -2.54. The van der Waals surface area contributed by atoms with E-state index in [-0.39, 0.29) is 17.4 Å². The molecule has 4 heterocycles. The number of methoxy groups -OCH3 is 1. The summed E-state index contributed by atoms with van der Waals surface area (Å²) in [4.78, 5) is 19.6. The first-order valence-electron chi connectivity index (χ1n) is 14.3. The molecule has 196 valence electrons. The van der Waals surface area contributed by atoms with Crippen molar-refractivity contribution in [3.63, 3.8) is 0 Å². The highest BCUT2D eigenvalue weighted by molar-refractivity contribution is 5.94. The fourth-order valence-electron chi connectivity index (χ4n) is 8.67. The van der Waals surface area contributed by atoms with Gasteiger partial charge in [-0.15, -0.1) is 0 Å². The number of hydrogen-bond acceptors (Lipinski definition) is 4. The van der Waals surface area contributed by atoms with Crippen LogP contribution in [-0.4, -0.2) is 48.6 Å². The average Bonchev–Trinajstić information content (AvgIpc) is 3.47. The molecule has 2 saturated heterocycles. The third-order valence-electron chi connectivity index (χ3n) is 10.5. The van der Waals surface area contributed by atoms with E-state index in [0.29, 0.717) is 17.9 Å². The van der Waals surface area contributed by atoms with Gasteiger partial charge in [-0.1, -0.05) is 36.4 Å². The van der Waals surface area contributed by atoms with Gasteiger partial charge >= 0.3 is 0 Å². The number of likely N-dealkylation sites (tertiary alicyclic amines) is 1. The summed E-state index contributed by atoms with van der Waals surface area (Å²) < 4.78 is 12.7. The molecule has 5 aliphatic rings. The minimum absolute atomic E-state index is 0.0635. The number of aromatic amines is 1. The van der Waals surface area contributed by atoms with Crippen LogP contribution in [0.3, 0.4) is 0 Å². The first-order chi connectivity index (χ1) is 18.6. The molecule has 38 heavy (non-hydrogen) atoms. The van der Waals surface area contributed by atoms with Crippen molar-refractivity contribution in [2.24, 2.45) is 5.92 Å². The number of rotatable bonds is 3. The number of carbonyl (C=O) groups excluding carboxylic acids is 1. The maximum absolute atomic E-state index is 13.9. The molecule has 1 amide bonds. The van der Waals surface area contributed by atoms with Gasteiger partial charge in [-0.05, 0) is 85.7 Å². The minimum Gasteiger partial charge on any atom is -0.493 e. The van der Waals surface area contributed by atoms with Crippen molar-refractivity contribution in [1.29, 1.82) is 0 Å². The van der Waals surface area contributed by atoms with Crippen molar-refractivity contribution in [3.05, 3.63) is 81.7 Å². The van der Waals surface area contributed by atoms with E-state index in [9.17, 15) is 4.79 Å². The normalized spacial score (nSPS) is 28.9. The van der Waals surface area contributed by atoms with Gasteiger partial charge in [-0.2, -0.15) is 0 Å². The third-order valence-corrected chi connectivity index (χ3v) is 10.5. The Hall–Kier alpha value is -3.25. The van der Waals surface area contributed by atoms with Crippen LogP contribution < -0.4 is 14.8 Å². The zero-order valence-corrected chi connectivity index (χ0v) is 22.2. The smallest absolute Gasteiger partial charge is 0.270 e. The van der Waals surface area contributed by atoms with E-state index < -0.39 is 0 Å². The first-order valence-corrected chi connectivity index (χ1v) is 14.3. The quantitative estimate of drug-likeness (QED) is 0.532. The van der Waals surface area contributed by atoms with E-state index in [1.54, 1.807) is 7.11 Å². The molecule has 8 rings (SSSR count). The summed E-state index contributed by atoms with van der Waals surface area (Å²) in [5.74, 6) is 2.87. The van der Waals surface area contributed by atoms with Gasteiger partial charge in [-0.25, -0.2) is 0 Å². The lowest BCUT2D eigenvalue weighted by Crippen LogP contribution is -2.61. The molecule has 2 N–H and O–H groups in total. The van der Waals surface area contributed by atoms with Crippen molar-refractivity contribution in [3.8, 4) is 11.5 Å². The van der Waals surface area contributed by atoms with Crippen molar-refractivity contribution >= 4 is 5.91 Å². The van der Waals surface area contributed by atoms with E-state index in [1.807, 2.05) is 0 Å². The minimum atomic E-state index is -0.102. The lowest BCUT2D eigenvalue weighted by atomic mass is 9.52. The molecule has 3 aromatic rings. The predicted octanol–water partition coefficient (Wildman–Crippen LogP) is 4.81. The highest BCUT2D eigenvalue weighted by Gasteiger charge is 2.64. The Balaban J connectivity index is 1.15. The molecule has 4 atom stereocenters. The molecular weight excluding hydrogens is 474 g/mol. The molecule has 6 nitrogen and oxygen atoms in total. The number of amides is 1. The molecule has 0 saturated carbocycles. The fraction of sp³-hybridized carbons (Fsp3) is 0.469. The second-order valence-corrected chi connectivity index (χ2v) is 12.0. The molecule has 0 radical (unpaired) electrons. The van der Waals surface area contributed by atoms with Crippen molar-refractivity contribution < 1.29 is 14.3 Å². The largest absolute Gasteiger partial charge is 0.493 e.